The topological polar surface area (TPSA) is 179 Å². The molecule has 1 aliphatic rings. The Morgan fingerprint density at radius 3 is 2.06 bits per heavy atom. The highest BCUT2D eigenvalue weighted by Gasteiger charge is 2.30. The minimum Gasteiger partial charge on any atom is -0.396 e. The van der Waals surface area contributed by atoms with Crippen LogP contribution in [-0.2, 0) is 10.4 Å². The first-order valence-electron chi connectivity index (χ1n) is 4.42. The van der Waals surface area contributed by atoms with Crippen LogP contribution in [-0.4, -0.2) is 52.6 Å². The van der Waals surface area contributed by atoms with Crippen molar-refractivity contribution in [2.45, 2.75) is 12.6 Å². The van der Waals surface area contributed by atoms with E-state index in [1.54, 1.807) is 12.1 Å². The van der Waals surface area contributed by atoms with Gasteiger partial charge in [0.05, 0.1) is 0 Å². The standard InChI is InChI=1S/C6H15N5O.H2O4S/c1-10-5(7)4(2-3-12)6(8)11(10)9;1-5(2,3)4/h6,12H,2-3,7-9H2,1H3;(H2,1,2,3,4). The fourth-order valence-corrected chi connectivity index (χ4v) is 1.23. The lowest BCUT2D eigenvalue weighted by molar-refractivity contribution is 0.0285. The predicted molar refractivity (Wildman–Crippen MR) is 58.9 cm³/mol. The molecule has 1 aliphatic heterocycles. The molecule has 0 saturated heterocycles. The van der Waals surface area contributed by atoms with Crippen LogP contribution < -0.4 is 17.3 Å². The first-order valence-corrected chi connectivity index (χ1v) is 5.81. The van der Waals surface area contributed by atoms with Gasteiger partial charge in [-0.1, -0.05) is 0 Å². The SMILES string of the molecule is CN1C(N)=C(CCO)C(N)N1N.O=S(=O)(O)O. The lowest BCUT2D eigenvalue weighted by Crippen LogP contribution is -2.50. The molecule has 1 rings (SSSR count). The molecular weight excluding hydrogens is 254 g/mol. The summed E-state index contributed by atoms with van der Waals surface area (Å²) in [5.74, 6) is 6.09. The molecule has 0 aliphatic carbocycles. The smallest absolute Gasteiger partial charge is 0.394 e. The van der Waals surface area contributed by atoms with E-state index in [4.69, 9.17) is 39.9 Å². The Labute approximate surface area is 98.8 Å². The minimum absolute atomic E-state index is 0.0331. The molecule has 0 aromatic carbocycles. The van der Waals surface area contributed by atoms with E-state index in [0.29, 0.717) is 12.2 Å². The van der Waals surface area contributed by atoms with Crippen LogP contribution in [0.4, 0.5) is 0 Å². The van der Waals surface area contributed by atoms with Gasteiger partial charge in [0.2, 0.25) is 0 Å². The van der Waals surface area contributed by atoms with Gasteiger partial charge in [0.25, 0.3) is 0 Å². The normalized spacial score (nSPS) is 21.5. The maximum atomic E-state index is 8.74. The van der Waals surface area contributed by atoms with Gasteiger partial charge < -0.3 is 16.6 Å². The van der Waals surface area contributed by atoms with Gasteiger partial charge in [-0.2, -0.15) is 8.42 Å². The highest BCUT2D eigenvalue weighted by Crippen LogP contribution is 2.20. The minimum atomic E-state index is -4.67. The fourth-order valence-electron chi connectivity index (χ4n) is 1.23. The molecule has 1 atom stereocenters. The van der Waals surface area contributed by atoms with Gasteiger partial charge >= 0.3 is 10.4 Å². The molecule has 1 unspecified atom stereocenters. The Kier molecular flexibility index (Phi) is 5.77. The highest BCUT2D eigenvalue weighted by molar-refractivity contribution is 7.79. The van der Waals surface area contributed by atoms with E-state index < -0.39 is 16.6 Å². The van der Waals surface area contributed by atoms with E-state index in [1.807, 2.05) is 0 Å². The van der Waals surface area contributed by atoms with E-state index in [-0.39, 0.29) is 6.61 Å². The molecule has 0 aromatic rings. The molecule has 0 spiro atoms. The molecule has 0 fully saturated rings. The quantitative estimate of drug-likeness (QED) is 0.227. The predicted octanol–water partition coefficient (Wildman–Crippen LogP) is -2.79. The van der Waals surface area contributed by atoms with Crippen molar-refractivity contribution in [3.63, 3.8) is 0 Å². The first-order chi connectivity index (χ1) is 7.59. The molecule has 0 amide bonds. The van der Waals surface area contributed by atoms with Crippen LogP contribution >= 0.6 is 0 Å². The Balaban J connectivity index is 0.000000437. The zero-order valence-electron chi connectivity index (χ0n) is 9.18. The van der Waals surface area contributed by atoms with Crippen molar-refractivity contribution >= 4 is 10.4 Å². The number of hydrogen-bond acceptors (Lipinski definition) is 8. The second-order valence-electron chi connectivity index (χ2n) is 3.18. The van der Waals surface area contributed by atoms with Gasteiger partial charge in [-0.15, -0.1) is 5.12 Å². The van der Waals surface area contributed by atoms with Gasteiger partial charge in [0.15, 0.2) is 0 Å². The number of rotatable bonds is 2. The number of aliphatic hydroxyl groups is 1. The summed E-state index contributed by atoms with van der Waals surface area (Å²) in [6.07, 6.45) is 0.0487. The van der Waals surface area contributed by atoms with Crippen LogP contribution in [0.1, 0.15) is 6.42 Å². The molecule has 17 heavy (non-hydrogen) atoms. The van der Waals surface area contributed by atoms with Gasteiger partial charge in [-0.25, -0.2) is 5.84 Å². The van der Waals surface area contributed by atoms with Crippen molar-refractivity contribution < 1.29 is 22.6 Å². The number of hydrazine groups is 2. The van der Waals surface area contributed by atoms with E-state index in [0.717, 1.165) is 5.57 Å². The number of nitrogens with two attached hydrogens (primary N) is 3. The molecule has 0 bridgehead atoms. The van der Waals surface area contributed by atoms with Crippen molar-refractivity contribution in [2.75, 3.05) is 13.7 Å². The van der Waals surface area contributed by atoms with Crippen molar-refractivity contribution in [2.24, 2.45) is 17.3 Å². The van der Waals surface area contributed by atoms with Gasteiger partial charge in [-0.3, -0.25) is 14.1 Å². The monoisotopic (exact) mass is 271 g/mol. The summed E-state index contributed by atoms with van der Waals surface area (Å²) >= 11 is 0. The molecule has 9 N–H and O–H groups in total. The second kappa shape index (κ2) is 6.11. The van der Waals surface area contributed by atoms with Crippen LogP contribution in [0.15, 0.2) is 11.4 Å². The van der Waals surface area contributed by atoms with Gasteiger partial charge in [-0.05, 0) is 6.42 Å². The lowest BCUT2D eigenvalue weighted by Gasteiger charge is -2.24. The molecule has 0 saturated carbocycles. The maximum Gasteiger partial charge on any atom is 0.394 e. The number of nitrogens with zero attached hydrogens (tertiary/aromatic N) is 2. The summed E-state index contributed by atoms with van der Waals surface area (Å²) in [4.78, 5) is 0. The third-order valence-corrected chi connectivity index (χ3v) is 2.05. The molecule has 102 valence electrons. The van der Waals surface area contributed by atoms with E-state index in [9.17, 15) is 0 Å². The molecule has 1 heterocycles. The summed E-state index contributed by atoms with van der Waals surface area (Å²) in [5, 5.41) is 11.6. The van der Waals surface area contributed by atoms with E-state index >= 15 is 0 Å². The van der Waals surface area contributed by atoms with Crippen molar-refractivity contribution in [3.05, 3.63) is 11.4 Å². The Bertz CT molecular complexity index is 374. The molecule has 0 radical (unpaired) electrons. The second-order valence-corrected chi connectivity index (χ2v) is 4.08. The first kappa shape index (κ1) is 16.1. The third kappa shape index (κ3) is 5.27. The molecule has 11 heteroatoms. The fraction of sp³-hybridized carbons (Fsp3) is 0.667. The van der Waals surface area contributed by atoms with Gasteiger partial charge in [0.1, 0.15) is 12.0 Å². The molecule has 10 nitrogen and oxygen atoms in total. The van der Waals surface area contributed by atoms with Crippen LogP contribution in [0.2, 0.25) is 0 Å². The Morgan fingerprint density at radius 2 is 1.82 bits per heavy atom. The number of aliphatic hydroxyl groups excluding tert-OH is 1. The average Bonchev–Trinajstić information content (AvgIpc) is 2.33. The summed E-state index contributed by atoms with van der Waals surface area (Å²) in [6, 6.07) is 0. The summed E-state index contributed by atoms with van der Waals surface area (Å²) in [5.41, 5.74) is 12.2. The summed E-state index contributed by atoms with van der Waals surface area (Å²) in [6.45, 7) is 0.0331. The van der Waals surface area contributed by atoms with Crippen LogP contribution in [0.25, 0.3) is 0 Å². The van der Waals surface area contributed by atoms with Crippen LogP contribution in [0.5, 0.6) is 0 Å². The van der Waals surface area contributed by atoms with Crippen LogP contribution in [0.3, 0.4) is 0 Å². The Hall–Kier alpha value is -0.950. The van der Waals surface area contributed by atoms with Crippen LogP contribution in [0, 0.1) is 0 Å². The molecular formula is C6H17N5O5S. The zero-order valence-corrected chi connectivity index (χ0v) is 10.0. The van der Waals surface area contributed by atoms with Gasteiger partial charge in [0, 0.05) is 19.2 Å². The number of hydrogen-bond donors (Lipinski definition) is 6. The largest absolute Gasteiger partial charge is 0.396 e. The summed E-state index contributed by atoms with van der Waals surface area (Å²) < 4.78 is 31.6. The van der Waals surface area contributed by atoms with Crippen molar-refractivity contribution in [3.8, 4) is 0 Å². The van der Waals surface area contributed by atoms with E-state index in [2.05, 4.69) is 0 Å². The maximum absolute atomic E-state index is 8.74. The average molecular weight is 271 g/mol. The Morgan fingerprint density at radius 1 is 1.41 bits per heavy atom. The van der Waals surface area contributed by atoms with E-state index in [1.165, 1.54) is 5.12 Å². The zero-order chi connectivity index (χ0) is 13.8. The summed E-state index contributed by atoms with van der Waals surface area (Å²) in [7, 11) is -2.94. The third-order valence-electron chi connectivity index (χ3n) is 2.05. The lowest BCUT2D eigenvalue weighted by atomic mass is 10.1. The van der Waals surface area contributed by atoms with Crippen molar-refractivity contribution in [1.82, 2.24) is 10.1 Å². The van der Waals surface area contributed by atoms with Crippen molar-refractivity contribution in [1.29, 1.82) is 0 Å². The highest BCUT2D eigenvalue weighted by atomic mass is 32.3. The molecule has 0 aromatic heterocycles.